The fourth-order valence-corrected chi connectivity index (χ4v) is 4.81. The number of fused-ring (bicyclic) bond motifs is 1. The Hall–Kier alpha value is -3.23. The highest BCUT2D eigenvalue weighted by Crippen LogP contribution is 2.28. The van der Waals surface area contributed by atoms with Gasteiger partial charge in [0, 0.05) is 6.20 Å². The molecule has 2 aromatic carbocycles. The number of sulfonamides is 1. The molecule has 2 heterocycles. The predicted molar refractivity (Wildman–Crippen MR) is 111 cm³/mol. The van der Waals surface area contributed by atoms with Gasteiger partial charge in [-0.15, -0.1) is 11.3 Å². The summed E-state index contributed by atoms with van der Waals surface area (Å²) in [5, 5.41) is 6.03. The van der Waals surface area contributed by atoms with Crippen LogP contribution >= 0.6 is 11.3 Å². The zero-order chi connectivity index (χ0) is 19.6. The monoisotopic (exact) mass is 409 g/mol. The maximum Gasteiger partial charge on any atom is 0.271 e. The normalized spacial score (nSPS) is 11.3. The molecule has 0 bridgehead atoms. The molecule has 2 aromatic heterocycles. The first kappa shape index (κ1) is 18.1. The molecule has 28 heavy (non-hydrogen) atoms. The summed E-state index contributed by atoms with van der Waals surface area (Å²) < 4.78 is 28.1. The number of aromatic nitrogens is 1. The zero-order valence-electron chi connectivity index (χ0n) is 14.5. The van der Waals surface area contributed by atoms with Crippen molar-refractivity contribution in [3.63, 3.8) is 0 Å². The number of carbonyl (C=O) groups is 1. The standard InChI is InChI=1S/C20H15N3O3S2/c24-20(22-18-8-3-4-10-21-18)16-12-14-6-1-2-7-15(14)13-17(16)23-28(25,26)19-9-5-11-27-19/h1-13,23H,(H,21,22,24). The molecule has 0 radical (unpaired) electrons. The number of carbonyl (C=O) groups excluding carboxylic acids is 1. The highest BCUT2D eigenvalue weighted by molar-refractivity contribution is 7.94. The summed E-state index contributed by atoms with van der Waals surface area (Å²) in [4.78, 5) is 17.0. The Labute approximate surface area is 165 Å². The molecule has 0 atom stereocenters. The van der Waals surface area contributed by atoms with E-state index in [1.165, 1.54) is 6.07 Å². The van der Waals surface area contributed by atoms with Crippen molar-refractivity contribution in [2.75, 3.05) is 10.0 Å². The van der Waals surface area contributed by atoms with E-state index in [1.54, 1.807) is 48.0 Å². The highest BCUT2D eigenvalue weighted by atomic mass is 32.2. The largest absolute Gasteiger partial charge is 0.306 e. The van der Waals surface area contributed by atoms with E-state index in [-0.39, 0.29) is 15.5 Å². The van der Waals surface area contributed by atoms with Gasteiger partial charge in [0.25, 0.3) is 15.9 Å². The first-order chi connectivity index (χ1) is 13.5. The molecule has 8 heteroatoms. The van der Waals surface area contributed by atoms with Crippen LogP contribution in [-0.4, -0.2) is 19.3 Å². The Balaban J connectivity index is 1.77. The average molecular weight is 409 g/mol. The molecule has 0 fully saturated rings. The van der Waals surface area contributed by atoms with Crippen LogP contribution in [0.25, 0.3) is 10.8 Å². The summed E-state index contributed by atoms with van der Waals surface area (Å²) in [6.45, 7) is 0. The average Bonchev–Trinajstić information content (AvgIpc) is 3.24. The molecule has 0 unspecified atom stereocenters. The van der Waals surface area contributed by atoms with Gasteiger partial charge in [-0.1, -0.05) is 36.4 Å². The van der Waals surface area contributed by atoms with Crippen molar-refractivity contribution < 1.29 is 13.2 Å². The molecular weight excluding hydrogens is 394 g/mol. The summed E-state index contributed by atoms with van der Waals surface area (Å²) in [6, 6.07) is 19.1. The number of pyridine rings is 1. The minimum Gasteiger partial charge on any atom is -0.306 e. The minimum absolute atomic E-state index is 0.178. The lowest BCUT2D eigenvalue weighted by molar-refractivity contribution is 0.102. The van der Waals surface area contributed by atoms with Crippen molar-refractivity contribution in [1.29, 1.82) is 0 Å². The van der Waals surface area contributed by atoms with Gasteiger partial charge in [0.2, 0.25) is 0 Å². The lowest BCUT2D eigenvalue weighted by Gasteiger charge is -2.13. The third-order valence-electron chi connectivity index (χ3n) is 4.04. The second-order valence-electron chi connectivity index (χ2n) is 5.95. The van der Waals surface area contributed by atoms with Gasteiger partial charge in [-0.2, -0.15) is 0 Å². The maximum atomic E-state index is 12.9. The van der Waals surface area contributed by atoms with E-state index in [0.717, 1.165) is 22.1 Å². The van der Waals surface area contributed by atoms with Crippen molar-refractivity contribution in [1.82, 2.24) is 4.98 Å². The van der Waals surface area contributed by atoms with E-state index >= 15 is 0 Å². The number of amides is 1. The van der Waals surface area contributed by atoms with Gasteiger partial charge in [0.15, 0.2) is 0 Å². The highest BCUT2D eigenvalue weighted by Gasteiger charge is 2.20. The summed E-state index contributed by atoms with van der Waals surface area (Å²) in [7, 11) is -3.79. The number of nitrogens with one attached hydrogen (secondary N) is 2. The van der Waals surface area contributed by atoms with E-state index in [4.69, 9.17) is 0 Å². The minimum atomic E-state index is -3.79. The van der Waals surface area contributed by atoms with Crippen LogP contribution < -0.4 is 10.0 Å². The molecule has 4 aromatic rings. The second-order valence-corrected chi connectivity index (χ2v) is 8.81. The summed E-state index contributed by atoms with van der Waals surface area (Å²) in [6.07, 6.45) is 1.57. The van der Waals surface area contributed by atoms with Crippen LogP contribution in [-0.2, 0) is 10.0 Å². The van der Waals surface area contributed by atoms with Gasteiger partial charge in [0.05, 0.1) is 11.3 Å². The summed E-state index contributed by atoms with van der Waals surface area (Å²) in [5.41, 5.74) is 0.421. The number of benzene rings is 2. The molecule has 1 amide bonds. The summed E-state index contributed by atoms with van der Waals surface area (Å²) >= 11 is 1.11. The molecule has 0 saturated carbocycles. The number of rotatable bonds is 5. The molecule has 0 aliphatic rings. The third-order valence-corrected chi connectivity index (χ3v) is 6.80. The lowest BCUT2D eigenvalue weighted by Crippen LogP contribution is -2.18. The van der Waals surface area contributed by atoms with Gasteiger partial charge in [-0.3, -0.25) is 9.52 Å². The molecule has 2 N–H and O–H groups in total. The quantitative estimate of drug-likeness (QED) is 0.513. The Morgan fingerprint density at radius 3 is 2.36 bits per heavy atom. The van der Waals surface area contributed by atoms with Crippen LogP contribution in [0.5, 0.6) is 0 Å². The van der Waals surface area contributed by atoms with E-state index in [2.05, 4.69) is 15.0 Å². The topological polar surface area (TPSA) is 88.2 Å². The Bertz CT molecular complexity index is 1240. The molecule has 0 aliphatic carbocycles. The number of hydrogen-bond donors (Lipinski definition) is 2. The van der Waals surface area contributed by atoms with Crippen LogP contribution in [0.4, 0.5) is 11.5 Å². The number of thiophene rings is 1. The molecule has 0 aliphatic heterocycles. The summed E-state index contributed by atoms with van der Waals surface area (Å²) in [5.74, 6) is -0.0685. The first-order valence-electron chi connectivity index (χ1n) is 8.34. The van der Waals surface area contributed by atoms with E-state index in [0.29, 0.717) is 5.82 Å². The van der Waals surface area contributed by atoms with Gasteiger partial charge in [0.1, 0.15) is 10.0 Å². The molecule has 6 nitrogen and oxygen atoms in total. The van der Waals surface area contributed by atoms with Crippen molar-refractivity contribution >= 4 is 49.5 Å². The number of anilines is 2. The maximum absolute atomic E-state index is 12.9. The Kier molecular flexibility index (Phi) is 4.81. The van der Waals surface area contributed by atoms with Gasteiger partial charge < -0.3 is 5.32 Å². The van der Waals surface area contributed by atoms with Crippen LogP contribution in [0.3, 0.4) is 0 Å². The van der Waals surface area contributed by atoms with E-state index < -0.39 is 15.9 Å². The lowest BCUT2D eigenvalue weighted by atomic mass is 10.0. The van der Waals surface area contributed by atoms with Crippen LogP contribution in [0.15, 0.2) is 82.5 Å². The molecular formula is C20H15N3O3S2. The molecule has 4 rings (SSSR count). The fourth-order valence-electron chi connectivity index (χ4n) is 2.74. The van der Waals surface area contributed by atoms with Crippen molar-refractivity contribution in [2.24, 2.45) is 0 Å². The third kappa shape index (κ3) is 3.73. The first-order valence-corrected chi connectivity index (χ1v) is 10.7. The number of nitrogens with zero attached hydrogens (tertiary/aromatic N) is 1. The van der Waals surface area contributed by atoms with Crippen LogP contribution in [0.2, 0.25) is 0 Å². The Morgan fingerprint density at radius 2 is 1.68 bits per heavy atom. The van der Waals surface area contributed by atoms with Gasteiger partial charge in [-0.05, 0) is 46.5 Å². The van der Waals surface area contributed by atoms with Crippen molar-refractivity contribution in [3.05, 3.63) is 83.9 Å². The van der Waals surface area contributed by atoms with Gasteiger partial charge in [-0.25, -0.2) is 13.4 Å². The van der Waals surface area contributed by atoms with Crippen molar-refractivity contribution in [3.8, 4) is 0 Å². The SMILES string of the molecule is O=C(Nc1ccccn1)c1cc2ccccc2cc1NS(=O)(=O)c1cccs1. The number of hydrogen-bond acceptors (Lipinski definition) is 5. The predicted octanol–water partition coefficient (Wildman–Crippen LogP) is 4.35. The second kappa shape index (κ2) is 7.41. The van der Waals surface area contributed by atoms with E-state index in [9.17, 15) is 13.2 Å². The van der Waals surface area contributed by atoms with Crippen LogP contribution in [0.1, 0.15) is 10.4 Å². The zero-order valence-corrected chi connectivity index (χ0v) is 16.1. The van der Waals surface area contributed by atoms with Gasteiger partial charge >= 0.3 is 0 Å². The Morgan fingerprint density at radius 1 is 0.929 bits per heavy atom. The molecule has 140 valence electrons. The van der Waals surface area contributed by atoms with E-state index in [1.807, 2.05) is 24.3 Å². The molecule has 0 spiro atoms. The molecule has 0 saturated heterocycles. The fraction of sp³-hybridized carbons (Fsp3) is 0. The van der Waals surface area contributed by atoms with Crippen LogP contribution in [0, 0.1) is 0 Å². The smallest absolute Gasteiger partial charge is 0.271 e. The van der Waals surface area contributed by atoms with Crippen molar-refractivity contribution in [2.45, 2.75) is 4.21 Å².